The van der Waals surface area contributed by atoms with Crippen molar-refractivity contribution in [1.82, 2.24) is 0 Å². The zero-order valence-corrected chi connectivity index (χ0v) is 23.6. The average molecular weight is 469 g/mol. The van der Waals surface area contributed by atoms with E-state index < -0.39 is 0 Å². The van der Waals surface area contributed by atoms with Crippen LogP contribution in [0.2, 0.25) is 0 Å². The van der Waals surface area contributed by atoms with Crippen LogP contribution in [0.25, 0.3) is 5.41 Å². The van der Waals surface area contributed by atoms with E-state index in [4.69, 9.17) is 5.41 Å². The standard InChI is InChI=1S/C28H60N.CNS/c1-5-7-9-11-13-15-17-19-21-23-25-27-29(3,4)28-26-24-22-20-18-16-14-12-10-8-6-2;2-1-3/h5-28H2,1-4H3;/q+1;-1. The second-order valence-corrected chi connectivity index (χ2v) is 10.7. The molecule has 0 aromatic carbocycles. The fraction of sp³-hybridized carbons (Fsp3) is 0.966. The normalized spacial score (nSPS) is 11.1. The zero-order chi connectivity index (χ0) is 24.2. The second kappa shape index (κ2) is 28.8. The number of quaternary nitrogens is 1. The monoisotopic (exact) mass is 468 g/mol. The Morgan fingerprint density at radius 1 is 0.469 bits per heavy atom. The Bertz CT molecular complexity index is 347. The van der Waals surface area contributed by atoms with E-state index in [2.05, 4.69) is 40.2 Å². The highest BCUT2D eigenvalue weighted by molar-refractivity contribution is 7.78. The fourth-order valence-electron chi connectivity index (χ4n) is 4.52. The number of nitrogens with zero attached hydrogens (tertiary/aromatic N) is 2. The van der Waals surface area contributed by atoms with Crippen molar-refractivity contribution in [2.75, 3.05) is 27.2 Å². The van der Waals surface area contributed by atoms with E-state index in [0.29, 0.717) is 0 Å². The molecule has 0 atom stereocenters. The van der Waals surface area contributed by atoms with Crippen molar-refractivity contribution in [2.24, 2.45) is 0 Å². The summed E-state index contributed by atoms with van der Waals surface area (Å²) < 4.78 is 1.24. The molecule has 0 saturated heterocycles. The van der Waals surface area contributed by atoms with Gasteiger partial charge in [0.1, 0.15) is 0 Å². The summed E-state index contributed by atoms with van der Waals surface area (Å²) in [6, 6.07) is 0. The molecule has 0 N–H and O–H groups in total. The van der Waals surface area contributed by atoms with E-state index in [-0.39, 0.29) is 0 Å². The molecule has 0 radical (unpaired) electrons. The molecule has 2 nitrogen and oxygen atoms in total. The summed E-state index contributed by atoms with van der Waals surface area (Å²) in [6.45, 7) is 7.37. The lowest BCUT2D eigenvalue weighted by molar-refractivity contribution is -0.890. The minimum absolute atomic E-state index is 1.24. The lowest BCUT2D eigenvalue weighted by Gasteiger charge is -2.30. The van der Waals surface area contributed by atoms with Crippen LogP contribution in [-0.2, 0) is 0 Å². The summed E-state index contributed by atoms with van der Waals surface area (Å²) in [6.07, 6.45) is 32.0. The molecule has 0 amide bonds. The maximum absolute atomic E-state index is 7.13. The SMILES string of the molecule is CCCCCCCCCCCCC[N+](C)(C)CCCCCCCCCCCCC.[N-]=C=S. The first-order valence-electron chi connectivity index (χ1n) is 14.4. The van der Waals surface area contributed by atoms with E-state index in [1.165, 1.54) is 164 Å². The molecular formula is C29H60N2S. The van der Waals surface area contributed by atoms with E-state index in [0.717, 1.165) is 0 Å². The minimum atomic E-state index is 1.24. The molecule has 0 heterocycles. The predicted molar refractivity (Wildman–Crippen MR) is 151 cm³/mol. The first-order chi connectivity index (χ1) is 15.5. The van der Waals surface area contributed by atoms with Gasteiger partial charge in [-0.1, -0.05) is 142 Å². The van der Waals surface area contributed by atoms with Gasteiger partial charge < -0.3 is 9.89 Å². The Labute approximate surface area is 209 Å². The second-order valence-electron chi connectivity index (χ2n) is 10.5. The molecule has 0 unspecified atom stereocenters. The van der Waals surface area contributed by atoms with E-state index in [1.807, 2.05) is 0 Å². The Balaban J connectivity index is 0. The summed E-state index contributed by atoms with van der Waals surface area (Å²) in [5.41, 5.74) is 0. The Hall–Kier alpha value is -0.240. The van der Waals surface area contributed by atoms with Gasteiger partial charge in [0.15, 0.2) is 0 Å². The Morgan fingerprint density at radius 2 is 0.656 bits per heavy atom. The first-order valence-corrected chi connectivity index (χ1v) is 14.8. The summed E-state index contributed by atoms with van der Waals surface area (Å²) in [4.78, 5) is 0. The van der Waals surface area contributed by atoms with Crippen LogP contribution in [0.15, 0.2) is 0 Å². The third kappa shape index (κ3) is 31.9. The van der Waals surface area contributed by atoms with Gasteiger partial charge in [-0.2, -0.15) is 5.16 Å². The van der Waals surface area contributed by atoms with Crippen LogP contribution in [0.3, 0.4) is 0 Å². The molecule has 0 spiro atoms. The van der Waals surface area contributed by atoms with Gasteiger partial charge in [0.2, 0.25) is 0 Å². The molecule has 0 saturated carbocycles. The molecule has 0 fully saturated rings. The molecule has 0 bridgehead atoms. The van der Waals surface area contributed by atoms with Crippen molar-refractivity contribution in [2.45, 2.75) is 155 Å². The van der Waals surface area contributed by atoms with E-state index in [1.54, 1.807) is 0 Å². The van der Waals surface area contributed by atoms with Crippen LogP contribution < -0.4 is 0 Å². The minimum Gasteiger partial charge on any atom is -0.753 e. The third-order valence-corrected chi connectivity index (χ3v) is 6.73. The molecule has 0 aromatic rings. The summed E-state index contributed by atoms with van der Waals surface area (Å²) >= 11 is 3.70. The molecule has 0 aliphatic carbocycles. The van der Waals surface area contributed by atoms with Gasteiger partial charge in [0.05, 0.1) is 27.2 Å². The topological polar surface area (TPSA) is 22.3 Å². The lowest BCUT2D eigenvalue weighted by Crippen LogP contribution is -2.41. The number of unbranched alkanes of at least 4 members (excludes halogenated alkanes) is 20. The number of isothiocyanates is 1. The highest BCUT2D eigenvalue weighted by atomic mass is 32.1. The van der Waals surface area contributed by atoms with Crippen LogP contribution in [0, 0.1) is 0 Å². The molecule has 192 valence electrons. The van der Waals surface area contributed by atoms with Crippen LogP contribution in [-0.4, -0.2) is 36.8 Å². The molecular weight excluding hydrogens is 408 g/mol. The van der Waals surface area contributed by atoms with Crippen LogP contribution >= 0.6 is 12.2 Å². The van der Waals surface area contributed by atoms with Crippen molar-refractivity contribution >= 4 is 17.4 Å². The van der Waals surface area contributed by atoms with Gasteiger partial charge in [0.25, 0.3) is 0 Å². The summed E-state index contributed by atoms with van der Waals surface area (Å²) in [5, 5.41) is 8.47. The van der Waals surface area contributed by atoms with Crippen molar-refractivity contribution in [3.8, 4) is 0 Å². The van der Waals surface area contributed by atoms with Gasteiger partial charge in [-0.25, -0.2) is 0 Å². The zero-order valence-electron chi connectivity index (χ0n) is 22.8. The molecule has 0 rings (SSSR count). The van der Waals surface area contributed by atoms with Crippen molar-refractivity contribution < 1.29 is 4.48 Å². The van der Waals surface area contributed by atoms with Crippen molar-refractivity contribution in [3.63, 3.8) is 0 Å². The number of hydrogen-bond acceptors (Lipinski definition) is 1. The van der Waals surface area contributed by atoms with Crippen molar-refractivity contribution in [1.29, 1.82) is 0 Å². The summed E-state index contributed by atoms with van der Waals surface area (Å²) in [5.74, 6) is 0. The maximum atomic E-state index is 7.13. The molecule has 0 aliphatic rings. The molecule has 0 aliphatic heterocycles. The summed E-state index contributed by atoms with van der Waals surface area (Å²) in [7, 11) is 4.90. The highest BCUT2D eigenvalue weighted by Gasteiger charge is 2.13. The van der Waals surface area contributed by atoms with Gasteiger partial charge in [0, 0.05) is 0 Å². The number of hydrogen-bond donors (Lipinski definition) is 0. The quantitative estimate of drug-likeness (QED) is 0.0597. The van der Waals surface area contributed by atoms with Gasteiger partial charge in [-0.3, -0.25) is 0 Å². The molecule has 3 heteroatoms. The Kier molecular flexibility index (Phi) is 30.5. The van der Waals surface area contributed by atoms with E-state index >= 15 is 0 Å². The van der Waals surface area contributed by atoms with Crippen LogP contribution in [0.1, 0.15) is 155 Å². The smallest absolute Gasteiger partial charge is 0.0782 e. The average Bonchev–Trinajstić information content (AvgIpc) is 2.76. The number of thiocarbonyl (C=S) groups is 1. The molecule has 32 heavy (non-hydrogen) atoms. The van der Waals surface area contributed by atoms with Gasteiger partial charge >= 0.3 is 0 Å². The number of rotatable bonds is 24. The predicted octanol–water partition coefficient (Wildman–Crippen LogP) is 10.3. The highest BCUT2D eigenvalue weighted by Crippen LogP contribution is 2.14. The fourth-order valence-corrected chi connectivity index (χ4v) is 4.52. The first kappa shape index (κ1) is 33.9. The van der Waals surface area contributed by atoms with Gasteiger partial charge in [-0.15, -0.1) is 0 Å². The third-order valence-electron chi connectivity index (χ3n) is 6.73. The molecule has 0 aromatic heterocycles. The van der Waals surface area contributed by atoms with Crippen LogP contribution in [0.4, 0.5) is 0 Å². The Morgan fingerprint density at radius 3 is 0.875 bits per heavy atom. The maximum Gasteiger partial charge on any atom is 0.0782 e. The lowest BCUT2D eigenvalue weighted by atomic mass is 10.1. The largest absolute Gasteiger partial charge is 0.753 e. The van der Waals surface area contributed by atoms with Crippen LogP contribution in [0.5, 0.6) is 0 Å². The van der Waals surface area contributed by atoms with Gasteiger partial charge in [-0.05, 0) is 25.7 Å². The van der Waals surface area contributed by atoms with Crippen molar-refractivity contribution in [3.05, 3.63) is 5.41 Å². The van der Waals surface area contributed by atoms with E-state index in [9.17, 15) is 0 Å².